The van der Waals surface area contributed by atoms with Crippen LogP contribution in [0.1, 0.15) is 35.3 Å². The number of rotatable bonds is 5. The summed E-state index contributed by atoms with van der Waals surface area (Å²) in [7, 11) is 0. The number of fused-ring (bicyclic) bond motifs is 3. The van der Waals surface area contributed by atoms with Crippen molar-refractivity contribution in [1.82, 2.24) is 15.2 Å². The average molecular weight is 546 g/mol. The van der Waals surface area contributed by atoms with Crippen LogP contribution in [-0.2, 0) is 6.61 Å². The normalized spacial score (nSPS) is 15.0. The fraction of sp³-hybridized carbons (Fsp3) is 0.304. The third-order valence-corrected chi connectivity index (χ3v) is 6.37. The monoisotopic (exact) mass is 544 g/mol. The van der Waals surface area contributed by atoms with Gasteiger partial charge >= 0.3 is 6.61 Å². The summed E-state index contributed by atoms with van der Waals surface area (Å²) in [6, 6.07) is 9.40. The van der Waals surface area contributed by atoms with Crippen LogP contribution in [0.25, 0.3) is 11.3 Å². The number of benzene rings is 2. The lowest BCUT2D eigenvalue weighted by atomic mass is 10.0. The minimum atomic E-state index is -2.94. The number of halogens is 5. The third-order valence-electron chi connectivity index (χ3n) is 5.83. The summed E-state index contributed by atoms with van der Waals surface area (Å²) in [4.78, 5) is 13.9. The van der Waals surface area contributed by atoms with Crippen LogP contribution in [0.15, 0.2) is 36.4 Å². The predicted molar refractivity (Wildman–Crippen MR) is 131 cm³/mol. The molecule has 2 aromatic carbocycles. The molecule has 1 amide bonds. The molecule has 3 heterocycles. The van der Waals surface area contributed by atoms with Crippen molar-refractivity contribution in [3.63, 3.8) is 0 Å². The zero-order chi connectivity index (χ0) is 23.8. The Balaban J connectivity index is 0.00000289. The molecule has 0 saturated carbocycles. The number of nitrogens with one attached hydrogen (secondary N) is 1. The van der Waals surface area contributed by atoms with E-state index < -0.39 is 6.61 Å². The first-order valence-electron chi connectivity index (χ1n) is 10.8. The van der Waals surface area contributed by atoms with Crippen LogP contribution in [-0.4, -0.2) is 40.8 Å². The van der Waals surface area contributed by atoms with E-state index in [-0.39, 0.29) is 36.4 Å². The first-order chi connectivity index (χ1) is 16.4. The van der Waals surface area contributed by atoms with Crippen molar-refractivity contribution in [3.8, 4) is 22.8 Å². The number of piperidine rings is 1. The summed E-state index contributed by atoms with van der Waals surface area (Å²) >= 11 is 12.6. The van der Waals surface area contributed by atoms with Crippen molar-refractivity contribution in [2.75, 3.05) is 18.1 Å². The number of hydrogen-bond donors (Lipinski definition) is 1. The van der Waals surface area contributed by atoms with E-state index in [1.807, 2.05) is 5.01 Å². The molecule has 2 aliphatic rings. The molecule has 1 saturated heterocycles. The SMILES string of the molecule is Cl.O=C(c1n[nH]c2c1COc1cc(OC(F)F)ccc1-2)N(c1ccc(Cl)cc1Cl)N1CCCCC1. The van der Waals surface area contributed by atoms with Crippen molar-refractivity contribution < 1.29 is 23.0 Å². The Morgan fingerprint density at radius 1 is 1.14 bits per heavy atom. The van der Waals surface area contributed by atoms with E-state index in [9.17, 15) is 13.6 Å². The highest BCUT2D eigenvalue weighted by Gasteiger charge is 2.34. The summed E-state index contributed by atoms with van der Waals surface area (Å²) < 4.78 is 35.4. The van der Waals surface area contributed by atoms with Gasteiger partial charge in [0.05, 0.1) is 16.4 Å². The zero-order valence-corrected chi connectivity index (χ0v) is 20.6. The standard InChI is InChI=1S/C23H20Cl2F2N4O3.ClH/c24-13-4-7-18(17(25)10-13)31(30-8-2-1-3-9-30)22(32)21-16-12-33-19-11-14(34-23(26)27)5-6-15(19)20(16)28-29-21;/h4-7,10-11,23H,1-3,8-9,12H2,(H,28,29);1H. The van der Waals surface area contributed by atoms with Crippen molar-refractivity contribution >= 4 is 47.2 Å². The van der Waals surface area contributed by atoms with Gasteiger partial charge in [-0.2, -0.15) is 13.9 Å². The molecule has 5 rings (SSSR count). The summed E-state index contributed by atoms with van der Waals surface area (Å²) in [6.45, 7) is -1.50. The van der Waals surface area contributed by atoms with Gasteiger partial charge in [0.1, 0.15) is 18.1 Å². The topological polar surface area (TPSA) is 70.7 Å². The Labute approximate surface area is 216 Å². The predicted octanol–water partition coefficient (Wildman–Crippen LogP) is 6.35. The van der Waals surface area contributed by atoms with E-state index in [0.29, 0.717) is 51.4 Å². The summed E-state index contributed by atoms with van der Waals surface area (Å²) in [5, 5.41) is 11.6. The second-order valence-electron chi connectivity index (χ2n) is 7.98. The number of H-pyrrole nitrogens is 1. The fourth-order valence-electron chi connectivity index (χ4n) is 4.28. The Kier molecular flexibility index (Phi) is 7.70. The minimum absolute atomic E-state index is 0. The second-order valence-corrected chi connectivity index (χ2v) is 8.82. The summed E-state index contributed by atoms with van der Waals surface area (Å²) in [6.07, 6.45) is 2.99. The molecule has 7 nitrogen and oxygen atoms in total. The molecule has 0 spiro atoms. The maximum atomic E-state index is 13.9. The quantitative estimate of drug-likeness (QED) is 0.405. The molecule has 1 N–H and O–H groups in total. The van der Waals surface area contributed by atoms with Gasteiger partial charge in [0.25, 0.3) is 5.91 Å². The average Bonchev–Trinajstić information content (AvgIpc) is 3.25. The van der Waals surface area contributed by atoms with Gasteiger partial charge in [-0.25, -0.2) is 10.0 Å². The van der Waals surface area contributed by atoms with Crippen LogP contribution in [0.4, 0.5) is 14.5 Å². The molecule has 1 fully saturated rings. The minimum Gasteiger partial charge on any atom is -0.488 e. The molecule has 0 atom stereocenters. The van der Waals surface area contributed by atoms with Gasteiger partial charge in [-0.05, 0) is 43.2 Å². The fourth-order valence-corrected chi connectivity index (χ4v) is 4.77. The van der Waals surface area contributed by atoms with Crippen LogP contribution >= 0.6 is 35.6 Å². The van der Waals surface area contributed by atoms with Crippen molar-refractivity contribution in [2.45, 2.75) is 32.5 Å². The number of nitrogens with zero attached hydrogens (tertiary/aromatic N) is 3. The maximum absolute atomic E-state index is 13.9. The van der Waals surface area contributed by atoms with Crippen LogP contribution in [0, 0.1) is 0 Å². The Hall–Kier alpha value is -2.59. The third kappa shape index (κ3) is 5.04. The molecule has 12 heteroatoms. The Bertz CT molecular complexity index is 1230. The van der Waals surface area contributed by atoms with Crippen LogP contribution < -0.4 is 14.5 Å². The first-order valence-corrected chi connectivity index (χ1v) is 11.5. The largest absolute Gasteiger partial charge is 0.488 e. The Morgan fingerprint density at radius 2 is 1.91 bits per heavy atom. The van der Waals surface area contributed by atoms with Crippen molar-refractivity contribution in [1.29, 1.82) is 0 Å². The molecule has 2 aliphatic heterocycles. The highest BCUT2D eigenvalue weighted by atomic mass is 35.5. The molecule has 0 radical (unpaired) electrons. The van der Waals surface area contributed by atoms with Gasteiger partial charge in [0.15, 0.2) is 5.69 Å². The van der Waals surface area contributed by atoms with Gasteiger partial charge in [0.2, 0.25) is 0 Å². The van der Waals surface area contributed by atoms with Gasteiger partial charge in [0, 0.05) is 35.3 Å². The van der Waals surface area contributed by atoms with E-state index in [4.69, 9.17) is 27.9 Å². The van der Waals surface area contributed by atoms with E-state index in [2.05, 4.69) is 14.9 Å². The smallest absolute Gasteiger partial charge is 0.387 e. The van der Waals surface area contributed by atoms with E-state index in [1.54, 1.807) is 29.3 Å². The summed E-state index contributed by atoms with van der Waals surface area (Å²) in [5.41, 5.74) is 2.48. The number of anilines is 1. The van der Waals surface area contributed by atoms with Crippen LogP contribution in [0.5, 0.6) is 11.5 Å². The molecule has 0 bridgehead atoms. The molecular formula is C23H21Cl3F2N4O3. The first kappa shape index (κ1) is 25.5. The number of carbonyl (C=O) groups excluding carboxylic acids is 1. The molecule has 0 aliphatic carbocycles. The molecule has 0 unspecified atom stereocenters. The highest BCUT2D eigenvalue weighted by Crippen LogP contribution is 2.41. The van der Waals surface area contributed by atoms with Crippen molar-refractivity contribution in [2.24, 2.45) is 0 Å². The lowest BCUT2D eigenvalue weighted by molar-refractivity contribution is -0.0499. The van der Waals surface area contributed by atoms with Crippen LogP contribution in [0.3, 0.4) is 0 Å². The molecule has 35 heavy (non-hydrogen) atoms. The van der Waals surface area contributed by atoms with E-state index in [1.165, 1.54) is 12.1 Å². The van der Waals surface area contributed by atoms with Gasteiger partial charge in [-0.3, -0.25) is 9.89 Å². The van der Waals surface area contributed by atoms with Gasteiger partial charge in [-0.15, -0.1) is 12.4 Å². The molecule has 1 aromatic heterocycles. The van der Waals surface area contributed by atoms with Gasteiger partial charge in [-0.1, -0.05) is 29.6 Å². The second kappa shape index (κ2) is 10.6. The molecule has 3 aromatic rings. The number of carbonyl (C=O) groups is 1. The number of amides is 1. The lowest BCUT2D eigenvalue weighted by Crippen LogP contribution is -2.49. The number of alkyl halides is 2. The Morgan fingerprint density at radius 3 is 2.63 bits per heavy atom. The van der Waals surface area contributed by atoms with Crippen LogP contribution in [0.2, 0.25) is 10.0 Å². The zero-order valence-electron chi connectivity index (χ0n) is 18.3. The van der Waals surface area contributed by atoms with Crippen molar-refractivity contribution in [3.05, 3.63) is 57.7 Å². The van der Waals surface area contributed by atoms with E-state index in [0.717, 1.165) is 19.3 Å². The van der Waals surface area contributed by atoms with E-state index >= 15 is 0 Å². The van der Waals surface area contributed by atoms with Gasteiger partial charge < -0.3 is 9.47 Å². The number of hydrogen-bond acceptors (Lipinski definition) is 5. The summed E-state index contributed by atoms with van der Waals surface area (Å²) in [5.74, 6) is -0.00285. The molecular weight excluding hydrogens is 525 g/mol. The maximum Gasteiger partial charge on any atom is 0.387 e. The lowest BCUT2D eigenvalue weighted by Gasteiger charge is -2.37. The number of aromatic nitrogens is 2. The molecule has 186 valence electrons. The number of hydrazine groups is 1. The highest BCUT2D eigenvalue weighted by molar-refractivity contribution is 6.37. The number of ether oxygens (including phenoxy) is 2. The number of aromatic amines is 1.